The molecule has 0 radical (unpaired) electrons. The van der Waals surface area contributed by atoms with Crippen LogP contribution in [0.3, 0.4) is 0 Å². The highest BCUT2D eigenvalue weighted by Gasteiger charge is 2.11. The van der Waals surface area contributed by atoms with Crippen LogP contribution in [0, 0.1) is 0 Å². The molecule has 16 heavy (non-hydrogen) atoms. The van der Waals surface area contributed by atoms with Crippen molar-refractivity contribution in [1.82, 2.24) is 40.4 Å². The first-order chi connectivity index (χ1) is 7.77. The molecule has 0 aliphatic rings. The molecule has 2 aromatic rings. The minimum absolute atomic E-state index is 0.0102. The second kappa shape index (κ2) is 4.33. The quantitative estimate of drug-likeness (QED) is 0.570. The van der Waals surface area contributed by atoms with Gasteiger partial charge in [-0.1, -0.05) is 0 Å². The number of nitrogens with zero attached hydrogens (tertiary/aromatic N) is 8. The number of carbonyl (C=O) groups is 2. The molecule has 0 amide bonds. The van der Waals surface area contributed by atoms with Gasteiger partial charge in [-0.25, -0.2) is 0 Å². The predicted octanol–water partition coefficient (Wildman–Crippen LogP) is -1.58. The second-order valence-electron chi connectivity index (χ2n) is 2.80. The molecule has 0 atom stereocenters. The highest BCUT2D eigenvalue weighted by atomic mass is 16.2. The first-order valence-corrected chi connectivity index (χ1v) is 4.30. The van der Waals surface area contributed by atoms with Gasteiger partial charge in [0.15, 0.2) is 0 Å². The highest BCUT2D eigenvalue weighted by Crippen LogP contribution is 1.96. The zero-order chi connectivity index (χ0) is 11.4. The Hall–Kier alpha value is -2.52. The van der Waals surface area contributed by atoms with E-state index in [0.29, 0.717) is 0 Å². The van der Waals surface area contributed by atoms with Gasteiger partial charge in [-0.3, -0.25) is 9.59 Å². The fraction of sp³-hybridized carbons (Fsp3) is 0.333. The molecular weight excluding hydrogens is 216 g/mol. The molecule has 0 saturated carbocycles. The maximum Gasteiger partial charge on any atom is 0.250 e. The Morgan fingerprint density at radius 1 is 0.875 bits per heavy atom. The largest absolute Gasteiger partial charge is 0.272 e. The van der Waals surface area contributed by atoms with Crippen LogP contribution in [0.4, 0.5) is 0 Å². The van der Waals surface area contributed by atoms with Crippen LogP contribution in [0.25, 0.3) is 0 Å². The molecule has 82 valence electrons. The predicted molar refractivity (Wildman–Crippen MR) is 46.1 cm³/mol. The molecule has 0 spiro atoms. The van der Waals surface area contributed by atoms with Gasteiger partial charge in [0, 0.05) is 12.8 Å². The third-order valence-electron chi connectivity index (χ3n) is 1.76. The summed E-state index contributed by atoms with van der Waals surface area (Å²) in [6.07, 6.45) is 2.32. The minimum Gasteiger partial charge on any atom is -0.272 e. The molecule has 0 N–H and O–H groups in total. The summed E-state index contributed by atoms with van der Waals surface area (Å²) in [5, 5.41) is 20.0. The molecular formula is C6H6N8O2. The number of rotatable bonds is 3. The molecule has 10 nitrogen and oxygen atoms in total. The lowest BCUT2D eigenvalue weighted by Gasteiger charge is -1.97. The number of aromatic nitrogens is 8. The lowest BCUT2D eigenvalue weighted by molar-refractivity contribution is 0.0811. The summed E-state index contributed by atoms with van der Waals surface area (Å²) in [6, 6.07) is 0. The molecule has 0 fully saturated rings. The van der Waals surface area contributed by atoms with E-state index in [9.17, 15) is 9.59 Å². The molecule has 0 aromatic carbocycles. The Morgan fingerprint density at radius 3 is 1.62 bits per heavy atom. The van der Waals surface area contributed by atoms with E-state index in [1.807, 2.05) is 0 Å². The van der Waals surface area contributed by atoms with E-state index in [1.165, 1.54) is 12.7 Å². The average Bonchev–Trinajstić information content (AvgIpc) is 2.95. The van der Waals surface area contributed by atoms with E-state index >= 15 is 0 Å². The standard InChI is InChI=1S/C6H6N8O2/c15-5(13-3-7-9-11-13)1-2-6(16)14-4-8-10-12-14/h3-4H,1-2H2. The van der Waals surface area contributed by atoms with Crippen molar-refractivity contribution in [3.63, 3.8) is 0 Å². The van der Waals surface area contributed by atoms with Gasteiger partial charge in [-0.05, 0) is 20.9 Å². The summed E-state index contributed by atoms with van der Waals surface area (Å²) >= 11 is 0. The van der Waals surface area contributed by atoms with E-state index in [1.54, 1.807) is 0 Å². The van der Waals surface area contributed by atoms with Crippen LogP contribution in [-0.4, -0.2) is 52.2 Å². The van der Waals surface area contributed by atoms with Crippen molar-refractivity contribution in [3.05, 3.63) is 12.7 Å². The summed E-state index contributed by atoms with van der Waals surface area (Å²) in [5.74, 6) is -0.738. The van der Waals surface area contributed by atoms with Crippen molar-refractivity contribution in [2.45, 2.75) is 12.8 Å². The van der Waals surface area contributed by atoms with Crippen LogP contribution in [0.2, 0.25) is 0 Å². The van der Waals surface area contributed by atoms with E-state index in [0.717, 1.165) is 9.36 Å². The monoisotopic (exact) mass is 222 g/mol. The van der Waals surface area contributed by atoms with Crippen LogP contribution in [0.5, 0.6) is 0 Å². The van der Waals surface area contributed by atoms with Gasteiger partial charge in [0.1, 0.15) is 12.7 Å². The average molecular weight is 222 g/mol. The van der Waals surface area contributed by atoms with Gasteiger partial charge in [0.25, 0.3) is 0 Å². The highest BCUT2D eigenvalue weighted by molar-refractivity contribution is 5.85. The SMILES string of the molecule is O=C(CCC(=O)n1cnnn1)n1cnnn1. The van der Waals surface area contributed by atoms with Crippen molar-refractivity contribution in [3.8, 4) is 0 Å². The second-order valence-corrected chi connectivity index (χ2v) is 2.80. The number of carbonyl (C=O) groups excluding carboxylic acids is 2. The Labute approximate surface area is 88.2 Å². The van der Waals surface area contributed by atoms with Crippen molar-refractivity contribution in [2.75, 3.05) is 0 Å². The molecule has 0 aliphatic carbocycles. The summed E-state index contributed by atoms with van der Waals surface area (Å²) < 4.78 is 1.93. The lowest BCUT2D eigenvalue weighted by Crippen LogP contribution is -2.17. The van der Waals surface area contributed by atoms with Gasteiger partial charge in [-0.15, -0.1) is 10.2 Å². The fourth-order valence-electron chi connectivity index (χ4n) is 0.994. The normalized spacial score (nSPS) is 10.2. The van der Waals surface area contributed by atoms with Crippen LogP contribution in [0.1, 0.15) is 22.4 Å². The van der Waals surface area contributed by atoms with Gasteiger partial charge in [-0.2, -0.15) is 9.36 Å². The Balaban J connectivity index is 1.89. The summed E-state index contributed by atoms with van der Waals surface area (Å²) in [5.41, 5.74) is 0. The van der Waals surface area contributed by atoms with Crippen molar-refractivity contribution in [2.24, 2.45) is 0 Å². The zero-order valence-corrected chi connectivity index (χ0v) is 7.96. The van der Waals surface area contributed by atoms with Crippen LogP contribution in [0.15, 0.2) is 12.7 Å². The summed E-state index contributed by atoms with van der Waals surface area (Å²) in [6.45, 7) is 0. The summed E-state index contributed by atoms with van der Waals surface area (Å²) in [4.78, 5) is 22.8. The maximum absolute atomic E-state index is 11.4. The molecule has 2 aromatic heterocycles. The van der Waals surface area contributed by atoms with Crippen LogP contribution in [-0.2, 0) is 0 Å². The topological polar surface area (TPSA) is 121 Å². The van der Waals surface area contributed by atoms with Gasteiger partial charge in [0.2, 0.25) is 11.8 Å². The van der Waals surface area contributed by atoms with Crippen molar-refractivity contribution >= 4 is 11.8 Å². The number of tetrazole rings is 2. The molecule has 10 heteroatoms. The lowest BCUT2D eigenvalue weighted by atomic mass is 10.3. The Morgan fingerprint density at radius 2 is 1.31 bits per heavy atom. The Bertz CT molecular complexity index is 428. The van der Waals surface area contributed by atoms with Gasteiger partial charge >= 0.3 is 0 Å². The summed E-state index contributed by atoms with van der Waals surface area (Å²) in [7, 11) is 0. The molecule has 0 bridgehead atoms. The van der Waals surface area contributed by atoms with Crippen molar-refractivity contribution < 1.29 is 9.59 Å². The van der Waals surface area contributed by atoms with Crippen molar-refractivity contribution in [1.29, 1.82) is 0 Å². The molecule has 0 saturated heterocycles. The van der Waals surface area contributed by atoms with Gasteiger partial charge in [0.05, 0.1) is 0 Å². The Kier molecular flexibility index (Phi) is 2.71. The first-order valence-electron chi connectivity index (χ1n) is 4.30. The van der Waals surface area contributed by atoms with Gasteiger partial charge < -0.3 is 0 Å². The maximum atomic E-state index is 11.4. The number of hydrogen-bond acceptors (Lipinski definition) is 8. The van der Waals surface area contributed by atoms with Crippen LogP contribution >= 0.6 is 0 Å². The first kappa shape index (κ1) is 10.0. The van der Waals surface area contributed by atoms with E-state index in [4.69, 9.17) is 0 Å². The molecule has 0 aliphatic heterocycles. The number of hydrogen-bond donors (Lipinski definition) is 0. The molecule has 2 rings (SSSR count). The fourth-order valence-corrected chi connectivity index (χ4v) is 0.994. The smallest absolute Gasteiger partial charge is 0.250 e. The van der Waals surface area contributed by atoms with E-state index < -0.39 is 0 Å². The molecule has 2 heterocycles. The molecule has 0 unspecified atom stereocenters. The van der Waals surface area contributed by atoms with Crippen LogP contribution < -0.4 is 0 Å². The third kappa shape index (κ3) is 2.10. The minimum atomic E-state index is -0.369. The third-order valence-corrected chi connectivity index (χ3v) is 1.76. The van der Waals surface area contributed by atoms with E-state index in [-0.39, 0.29) is 24.7 Å². The van der Waals surface area contributed by atoms with E-state index in [2.05, 4.69) is 31.1 Å². The zero-order valence-electron chi connectivity index (χ0n) is 7.96.